The number of thiazole rings is 1. The number of amides is 1. The van der Waals surface area contributed by atoms with Crippen LogP contribution in [0, 0.1) is 12.7 Å². The van der Waals surface area contributed by atoms with E-state index in [1.54, 1.807) is 12.1 Å². The Morgan fingerprint density at radius 1 is 1.23 bits per heavy atom. The molecule has 35 heavy (non-hydrogen) atoms. The van der Waals surface area contributed by atoms with Gasteiger partial charge >= 0.3 is 0 Å². The van der Waals surface area contributed by atoms with Gasteiger partial charge < -0.3 is 14.8 Å². The van der Waals surface area contributed by atoms with E-state index in [9.17, 15) is 9.18 Å². The van der Waals surface area contributed by atoms with Crippen molar-refractivity contribution in [2.45, 2.75) is 44.5 Å². The van der Waals surface area contributed by atoms with Gasteiger partial charge in [-0.2, -0.15) is 0 Å². The molecule has 2 aliphatic heterocycles. The Kier molecular flexibility index (Phi) is 7.24. The summed E-state index contributed by atoms with van der Waals surface area (Å²) in [6.45, 7) is 4.96. The number of hydrogen-bond acceptors (Lipinski definition) is 6. The molecule has 1 aromatic heterocycles. The number of piperidine rings is 1. The van der Waals surface area contributed by atoms with Crippen LogP contribution < -0.4 is 5.32 Å². The Labute approximate surface area is 209 Å². The van der Waals surface area contributed by atoms with E-state index in [4.69, 9.17) is 9.47 Å². The molecule has 0 bridgehead atoms. The molecule has 6 nitrogen and oxygen atoms in total. The first-order valence-electron chi connectivity index (χ1n) is 12.1. The van der Waals surface area contributed by atoms with Gasteiger partial charge in [-0.3, -0.25) is 9.69 Å². The maximum absolute atomic E-state index is 13.3. The van der Waals surface area contributed by atoms with Gasteiger partial charge in [-0.15, -0.1) is 11.3 Å². The zero-order valence-electron chi connectivity index (χ0n) is 19.8. The molecule has 2 aromatic carbocycles. The van der Waals surface area contributed by atoms with Gasteiger partial charge in [0.05, 0.1) is 30.6 Å². The van der Waals surface area contributed by atoms with Crippen molar-refractivity contribution in [2.75, 3.05) is 31.6 Å². The molecule has 0 saturated carbocycles. The first kappa shape index (κ1) is 24.1. The SMILES string of the molecule is Cc1sc(NC(=O)CN2CC[C@]3(CCCO3)[C@@H](OCc3ccccc3)C2)nc1-c1ccc(F)cc1. The maximum Gasteiger partial charge on any atom is 0.240 e. The van der Waals surface area contributed by atoms with E-state index in [1.165, 1.54) is 23.5 Å². The molecule has 0 aliphatic carbocycles. The molecular formula is C27H30FN3O3S. The monoisotopic (exact) mass is 495 g/mol. The molecule has 0 radical (unpaired) electrons. The lowest BCUT2D eigenvalue weighted by atomic mass is 9.85. The summed E-state index contributed by atoms with van der Waals surface area (Å²) in [6, 6.07) is 16.4. The van der Waals surface area contributed by atoms with Crippen molar-refractivity contribution >= 4 is 22.4 Å². The normalized spacial score (nSPS) is 22.5. The van der Waals surface area contributed by atoms with Gasteiger partial charge in [-0.05, 0) is 56.0 Å². The molecule has 0 unspecified atom stereocenters. The number of benzene rings is 2. The van der Waals surface area contributed by atoms with Crippen LogP contribution in [0.4, 0.5) is 9.52 Å². The maximum atomic E-state index is 13.3. The predicted octanol–water partition coefficient (Wildman–Crippen LogP) is 5.04. The van der Waals surface area contributed by atoms with Crippen molar-refractivity contribution in [1.82, 2.24) is 9.88 Å². The zero-order chi connectivity index (χ0) is 24.3. The van der Waals surface area contributed by atoms with Crippen molar-refractivity contribution in [1.29, 1.82) is 0 Å². The molecule has 2 atom stereocenters. The van der Waals surface area contributed by atoms with Crippen LogP contribution in [-0.4, -0.2) is 53.7 Å². The summed E-state index contributed by atoms with van der Waals surface area (Å²) < 4.78 is 25.9. The van der Waals surface area contributed by atoms with E-state index in [0.717, 1.165) is 54.1 Å². The molecule has 3 heterocycles. The highest BCUT2D eigenvalue weighted by atomic mass is 32.1. The van der Waals surface area contributed by atoms with Crippen molar-refractivity contribution in [2.24, 2.45) is 0 Å². The number of aryl methyl sites for hydroxylation is 1. The lowest BCUT2D eigenvalue weighted by Crippen LogP contribution is -2.57. The van der Waals surface area contributed by atoms with Gasteiger partial charge in [0, 0.05) is 30.1 Å². The van der Waals surface area contributed by atoms with E-state index in [2.05, 4.69) is 27.3 Å². The third-order valence-electron chi connectivity index (χ3n) is 6.82. The molecule has 1 amide bonds. The Balaban J connectivity index is 1.21. The van der Waals surface area contributed by atoms with Crippen molar-refractivity contribution in [3.8, 4) is 11.3 Å². The Bertz CT molecular complexity index is 1150. The number of carbonyl (C=O) groups is 1. The number of aromatic nitrogens is 1. The number of halogens is 1. The number of hydrogen-bond donors (Lipinski definition) is 1. The molecule has 3 aromatic rings. The van der Waals surface area contributed by atoms with Crippen LogP contribution in [0.3, 0.4) is 0 Å². The molecule has 8 heteroatoms. The first-order chi connectivity index (χ1) is 17.0. The number of anilines is 1. The summed E-state index contributed by atoms with van der Waals surface area (Å²) in [5.41, 5.74) is 2.47. The van der Waals surface area contributed by atoms with Crippen LogP contribution in [0.1, 0.15) is 29.7 Å². The number of carbonyl (C=O) groups excluding carboxylic acids is 1. The summed E-state index contributed by atoms with van der Waals surface area (Å²) in [7, 11) is 0. The smallest absolute Gasteiger partial charge is 0.240 e. The Hall–Kier alpha value is -2.65. The van der Waals surface area contributed by atoms with E-state index in [-0.39, 0.29) is 30.0 Å². The standard InChI is InChI=1S/C27H30FN3O3S/c1-19-25(21-8-10-22(28)11-9-21)30-26(35-19)29-24(32)17-31-14-13-27(12-5-15-34-27)23(16-31)33-18-20-6-3-2-4-7-20/h2-4,6-11,23H,5,12-18H2,1H3,(H,29,30,32)/t23-,27+/m0/s1. The summed E-state index contributed by atoms with van der Waals surface area (Å²) in [6.07, 6.45) is 2.81. The molecule has 2 aliphatic rings. The van der Waals surface area contributed by atoms with Crippen molar-refractivity contribution in [3.63, 3.8) is 0 Å². The average Bonchev–Trinajstić information content (AvgIpc) is 3.47. The van der Waals surface area contributed by atoms with Crippen LogP contribution in [0.2, 0.25) is 0 Å². The minimum atomic E-state index is -0.285. The zero-order valence-corrected chi connectivity index (χ0v) is 20.7. The van der Waals surface area contributed by atoms with Crippen LogP contribution in [-0.2, 0) is 20.9 Å². The van der Waals surface area contributed by atoms with Crippen molar-refractivity contribution < 1.29 is 18.7 Å². The number of rotatable bonds is 7. The quantitative estimate of drug-likeness (QED) is 0.498. The third kappa shape index (κ3) is 5.62. The van der Waals surface area contributed by atoms with Gasteiger partial charge in [0.2, 0.25) is 5.91 Å². The molecule has 2 saturated heterocycles. The van der Waals surface area contributed by atoms with Gasteiger partial charge in [0.15, 0.2) is 5.13 Å². The average molecular weight is 496 g/mol. The Morgan fingerprint density at radius 2 is 2.03 bits per heavy atom. The highest BCUT2D eigenvalue weighted by Gasteiger charge is 2.47. The van der Waals surface area contributed by atoms with E-state index >= 15 is 0 Å². The summed E-state index contributed by atoms with van der Waals surface area (Å²) in [5.74, 6) is -0.387. The second-order valence-corrected chi connectivity index (χ2v) is 10.5. The van der Waals surface area contributed by atoms with Crippen LogP contribution >= 0.6 is 11.3 Å². The predicted molar refractivity (Wildman–Crippen MR) is 135 cm³/mol. The molecule has 1 spiro atoms. The van der Waals surface area contributed by atoms with E-state index in [1.807, 2.05) is 25.1 Å². The Morgan fingerprint density at radius 3 is 2.77 bits per heavy atom. The first-order valence-corrected chi connectivity index (χ1v) is 12.9. The second-order valence-electron chi connectivity index (χ2n) is 9.27. The van der Waals surface area contributed by atoms with Crippen LogP contribution in [0.25, 0.3) is 11.3 Å². The van der Waals surface area contributed by atoms with Gasteiger partial charge in [-0.25, -0.2) is 9.37 Å². The lowest BCUT2D eigenvalue weighted by Gasteiger charge is -2.44. The van der Waals surface area contributed by atoms with E-state index in [0.29, 0.717) is 18.3 Å². The van der Waals surface area contributed by atoms with Gasteiger partial charge in [0.1, 0.15) is 5.82 Å². The van der Waals surface area contributed by atoms with Crippen molar-refractivity contribution in [3.05, 3.63) is 70.9 Å². The van der Waals surface area contributed by atoms with Crippen LogP contribution in [0.5, 0.6) is 0 Å². The number of likely N-dealkylation sites (tertiary alicyclic amines) is 1. The molecular weight excluding hydrogens is 465 g/mol. The summed E-state index contributed by atoms with van der Waals surface area (Å²) >= 11 is 1.43. The second kappa shape index (κ2) is 10.5. The highest BCUT2D eigenvalue weighted by molar-refractivity contribution is 7.16. The number of ether oxygens (including phenoxy) is 2. The molecule has 5 rings (SSSR count). The fourth-order valence-electron chi connectivity index (χ4n) is 4.98. The van der Waals surface area contributed by atoms with E-state index < -0.39 is 0 Å². The minimum absolute atomic E-state index is 0.0843. The molecule has 184 valence electrons. The lowest BCUT2D eigenvalue weighted by molar-refractivity contribution is -0.159. The number of nitrogens with zero attached hydrogens (tertiary/aromatic N) is 2. The topological polar surface area (TPSA) is 63.7 Å². The molecule has 2 fully saturated rings. The van der Waals surface area contributed by atoms with Gasteiger partial charge in [0.25, 0.3) is 0 Å². The summed E-state index contributed by atoms with van der Waals surface area (Å²) in [4.78, 5) is 20.6. The van der Waals surface area contributed by atoms with Crippen LogP contribution in [0.15, 0.2) is 54.6 Å². The fraction of sp³-hybridized carbons (Fsp3) is 0.407. The molecule has 1 N–H and O–H groups in total. The minimum Gasteiger partial charge on any atom is -0.372 e. The summed E-state index contributed by atoms with van der Waals surface area (Å²) in [5, 5.41) is 3.50. The fourth-order valence-corrected chi connectivity index (χ4v) is 5.83. The number of nitrogens with one attached hydrogen (secondary N) is 1. The highest BCUT2D eigenvalue weighted by Crippen LogP contribution is 2.38. The van der Waals surface area contributed by atoms with Gasteiger partial charge in [-0.1, -0.05) is 30.3 Å². The largest absolute Gasteiger partial charge is 0.372 e. The third-order valence-corrected chi connectivity index (χ3v) is 7.70.